The number of amides is 1. The van der Waals surface area contributed by atoms with Crippen LogP contribution in [0.5, 0.6) is 0 Å². The van der Waals surface area contributed by atoms with E-state index in [0.717, 1.165) is 0 Å². The van der Waals surface area contributed by atoms with Crippen LogP contribution in [0.2, 0.25) is 0 Å². The molecular formula is C5H9F2NO3. The zero-order valence-corrected chi connectivity index (χ0v) is 5.72. The second-order valence-electron chi connectivity index (χ2n) is 1.64. The van der Waals surface area contributed by atoms with E-state index in [0.29, 0.717) is 0 Å². The van der Waals surface area contributed by atoms with Gasteiger partial charge in [0.25, 0.3) is 6.43 Å². The summed E-state index contributed by atoms with van der Waals surface area (Å²) in [5, 5.41) is 10.2. The molecule has 0 radical (unpaired) electrons. The Labute approximate surface area is 62.1 Å². The highest BCUT2D eigenvalue weighted by Crippen LogP contribution is 1.91. The van der Waals surface area contributed by atoms with Crippen LogP contribution in [0.25, 0.3) is 0 Å². The lowest BCUT2D eigenvalue weighted by Gasteiger charge is -2.03. The van der Waals surface area contributed by atoms with Crippen LogP contribution in [0.3, 0.4) is 0 Å². The molecule has 0 aliphatic rings. The molecule has 0 unspecified atom stereocenters. The van der Waals surface area contributed by atoms with Gasteiger partial charge in [0.1, 0.15) is 0 Å². The van der Waals surface area contributed by atoms with Gasteiger partial charge in [-0.05, 0) is 0 Å². The molecule has 0 atom stereocenters. The van der Waals surface area contributed by atoms with Crippen molar-refractivity contribution in [2.75, 3.05) is 19.8 Å². The SMILES string of the molecule is O=C(NCCO)OCC(F)F. The molecule has 0 rings (SSSR count). The predicted molar refractivity (Wildman–Crippen MR) is 32.4 cm³/mol. The Kier molecular flexibility index (Phi) is 5.36. The van der Waals surface area contributed by atoms with Gasteiger partial charge in [0.05, 0.1) is 6.61 Å². The van der Waals surface area contributed by atoms with E-state index in [-0.39, 0.29) is 13.2 Å². The standard InChI is InChI=1S/C5H9F2NO3/c6-4(7)3-11-5(10)8-1-2-9/h4,9H,1-3H2,(H,8,10). The maximum absolute atomic E-state index is 11.4. The van der Waals surface area contributed by atoms with E-state index in [1.165, 1.54) is 0 Å². The van der Waals surface area contributed by atoms with Gasteiger partial charge >= 0.3 is 6.09 Å². The monoisotopic (exact) mass is 169 g/mol. The van der Waals surface area contributed by atoms with Gasteiger partial charge in [-0.3, -0.25) is 0 Å². The Morgan fingerprint density at radius 3 is 2.73 bits per heavy atom. The Hall–Kier alpha value is -0.910. The van der Waals surface area contributed by atoms with Crippen molar-refractivity contribution in [2.45, 2.75) is 6.43 Å². The van der Waals surface area contributed by atoms with Crippen LogP contribution in [-0.2, 0) is 4.74 Å². The number of halogens is 2. The summed E-state index contributed by atoms with van der Waals surface area (Å²) in [6.07, 6.45) is -3.60. The van der Waals surface area contributed by atoms with Crippen molar-refractivity contribution in [1.29, 1.82) is 0 Å². The fraction of sp³-hybridized carbons (Fsp3) is 0.800. The molecule has 2 N–H and O–H groups in total. The third-order valence-electron chi connectivity index (χ3n) is 0.722. The van der Waals surface area contributed by atoms with Gasteiger partial charge in [0, 0.05) is 6.54 Å². The van der Waals surface area contributed by atoms with E-state index < -0.39 is 19.1 Å². The molecule has 66 valence electrons. The minimum Gasteiger partial charge on any atom is -0.443 e. The van der Waals surface area contributed by atoms with E-state index in [9.17, 15) is 13.6 Å². The van der Waals surface area contributed by atoms with Crippen molar-refractivity contribution in [3.8, 4) is 0 Å². The zero-order chi connectivity index (χ0) is 8.69. The van der Waals surface area contributed by atoms with E-state index in [4.69, 9.17) is 5.11 Å². The summed E-state index contributed by atoms with van der Waals surface area (Å²) in [4.78, 5) is 10.3. The number of carbonyl (C=O) groups is 1. The molecule has 0 aliphatic heterocycles. The van der Waals surface area contributed by atoms with E-state index in [1.54, 1.807) is 0 Å². The first kappa shape index (κ1) is 10.1. The highest BCUT2D eigenvalue weighted by molar-refractivity contribution is 5.67. The molecule has 0 aromatic heterocycles. The largest absolute Gasteiger partial charge is 0.443 e. The molecule has 0 saturated carbocycles. The molecule has 0 aliphatic carbocycles. The average molecular weight is 169 g/mol. The molecule has 6 heteroatoms. The topological polar surface area (TPSA) is 58.6 Å². The van der Waals surface area contributed by atoms with Crippen LogP contribution in [0.15, 0.2) is 0 Å². The number of alkyl halides is 2. The smallest absolute Gasteiger partial charge is 0.407 e. The van der Waals surface area contributed by atoms with Crippen LogP contribution in [0, 0.1) is 0 Å². The van der Waals surface area contributed by atoms with Crippen molar-refractivity contribution >= 4 is 6.09 Å². The van der Waals surface area contributed by atoms with E-state index in [2.05, 4.69) is 4.74 Å². The normalized spacial score (nSPS) is 9.82. The number of aliphatic hydroxyl groups excluding tert-OH is 1. The number of ether oxygens (including phenoxy) is 1. The number of carbonyl (C=O) groups excluding carboxylic acids is 1. The van der Waals surface area contributed by atoms with Gasteiger partial charge in [-0.15, -0.1) is 0 Å². The number of hydrogen-bond donors (Lipinski definition) is 2. The van der Waals surface area contributed by atoms with Crippen LogP contribution in [-0.4, -0.2) is 37.4 Å². The molecule has 0 saturated heterocycles. The number of aliphatic hydroxyl groups is 1. The molecular weight excluding hydrogens is 160 g/mol. The summed E-state index contributed by atoms with van der Waals surface area (Å²) in [7, 11) is 0. The maximum Gasteiger partial charge on any atom is 0.407 e. The molecule has 11 heavy (non-hydrogen) atoms. The van der Waals surface area contributed by atoms with Crippen LogP contribution in [0.1, 0.15) is 0 Å². The quantitative estimate of drug-likeness (QED) is 0.621. The summed E-state index contributed by atoms with van der Waals surface area (Å²) in [5.41, 5.74) is 0. The molecule has 4 nitrogen and oxygen atoms in total. The number of nitrogens with one attached hydrogen (secondary N) is 1. The lowest BCUT2D eigenvalue weighted by molar-refractivity contribution is 0.0484. The summed E-state index contributed by atoms with van der Waals surface area (Å²) in [5.74, 6) is 0. The lowest BCUT2D eigenvalue weighted by Crippen LogP contribution is -2.28. The molecule has 0 aromatic rings. The van der Waals surface area contributed by atoms with E-state index in [1.807, 2.05) is 5.32 Å². The summed E-state index contributed by atoms with van der Waals surface area (Å²) >= 11 is 0. The lowest BCUT2D eigenvalue weighted by atomic mass is 10.7. The fourth-order valence-corrected chi connectivity index (χ4v) is 0.348. The van der Waals surface area contributed by atoms with Gasteiger partial charge < -0.3 is 15.2 Å². The second-order valence-corrected chi connectivity index (χ2v) is 1.64. The Bertz CT molecular complexity index is 120. The summed E-state index contributed by atoms with van der Waals surface area (Å²) in [6, 6.07) is 0. The van der Waals surface area contributed by atoms with Gasteiger partial charge in [-0.2, -0.15) is 0 Å². The first-order valence-electron chi connectivity index (χ1n) is 2.96. The molecule has 0 spiro atoms. The van der Waals surface area contributed by atoms with Crippen molar-refractivity contribution in [2.24, 2.45) is 0 Å². The highest BCUT2D eigenvalue weighted by Gasteiger charge is 2.06. The zero-order valence-electron chi connectivity index (χ0n) is 5.72. The number of hydrogen-bond acceptors (Lipinski definition) is 3. The third kappa shape index (κ3) is 6.98. The fourth-order valence-electron chi connectivity index (χ4n) is 0.348. The van der Waals surface area contributed by atoms with Crippen molar-refractivity contribution in [3.05, 3.63) is 0 Å². The molecule has 0 aromatic carbocycles. The maximum atomic E-state index is 11.4. The first-order chi connectivity index (χ1) is 5.16. The Morgan fingerprint density at radius 2 is 2.27 bits per heavy atom. The van der Waals surface area contributed by atoms with Crippen molar-refractivity contribution < 1.29 is 23.4 Å². The van der Waals surface area contributed by atoms with Crippen LogP contribution in [0.4, 0.5) is 13.6 Å². The summed E-state index contributed by atoms with van der Waals surface area (Å²) in [6.45, 7) is -1.16. The minimum absolute atomic E-state index is 0.00205. The van der Waals surface area contributed by atoms with Crippen LogP contribution >= 0.6 is 0 Å². The van der Waals surface area contributed by atoms with Gasteiger partial charge in [0.15, 0.2) is 6.61 Å². The Balaban J connectivity index is 3.23. The first-order valence-corrected chi connectivity index (χ1v) is 2.96. The molecule has 0 bridgehead atoms. The molecule has 1 amide bonds. The predicted octanol–water partition coefficient (Wildman–Crippen LogP) is -0.0300. The second kappa shape index (κ2) is 5.84. The third-order valence-corrected chi connectivity index (χ3v) is 0.722. The Morgan fingerprint density at radius 1 is 1.64 bits per heavy atom. The van der Waals surface area contributed by atoms with Crippen LogP contribution < -0.4 is 5.32 Å². The van der Waals surface area contributed by atoms with Gasteiger partial charge in [-0.1, -0.05) is 0 Å². The average Bonchev–Trinajstić information content (AvgIpc) is 1.97. The van der Waals surface area contributed by atoms with E-state index >= 15 is 0 Å². The number of rotatable bonds is 4. The van der Waals surface area contributed by atoms with Crippen molar-refractivity contribution in [3.63, 3.8) is 0 Å². The highest BCUT2D eigenvalue weighted by atomic mass is 19.3. The summed E-state index contributed by atoms with van der Waals surface area (Å²) < 4.78 is 26.7. The minimum atomic E-state index is -2.66. The van der Waals surface area contributed by atoms with Crippen molar-refractivity contribution in [1.82, 2.24) is 5.32 Å². The van der Waals surface area contributed by atoms with Gasteiger partial charge in [0.2, 0.25) is 0 Å². The molecule has 0 heterocycles. The van der Waals surface area contributed by atoms with Gasteiger partial charge in [-0.25, -0.2) is 13.6 Å². The molecule has 0 fully saturated rings. The number of alkyl carbamates (subject to hydrolysis) is 1.